The molecule has 7 heteroatoms. The van der Waals surface area contributed by atoms with E-state index in [1.165, 1.54) is 18.2 Å². The summed E-state index contributed by atoms with van der Waals surface area (Å²) >= 11 is 0. The summed E-state index contributed by atoms with van der Waals surface area (Å²) in [7, 11) is 0. The number of hydrogen-bond donors (Lipinski definition) is 1. The first kappa shape index (κ1) is 11.1. The summed E-state index contributed by atoms with van der Waals surface area (Å²) in [5, 5.41) is 10.8. The number of hydrogen-bond acceptors (Lipinski definition) is 6. The molecule has 2 aromatic heterocycles. The zero-order valence-electron chi connectivity index (χ0n) is 9.61. The van der Waals surface area contributed by atoms with E-state index in [2.05, 4.69) is 9.97 Å². The van der Waals surface area contributed by atoms with Crippen LogP contribution in [0.2, 0.25) is 0 Å². The van der Waals surface area contributed by atoms with Crippen molar-refractivity contribution in [1.82, 2.24) is 9.97 Å². The molecular weight excluding hydrogens is 248 g/mol. The lowest BCUT2D eigenvalue weighted by Crippen LogP contribution is -1.93. The van der Waals surface area contributed by atoms with Crippen LogP contribution in [0.3, 0.4) is 0 Å². The molecule has 2 N–H and O–H groups in total. The molecule has 0 aliphatic rings. The molecule has 7 nitrogen and oxygen atoms in total. The van der Waals surface area contributed by atoms with Crippen LogP contribution in [-0.2, 0) is 0 Å². The van der Waals surface area contributed by atoms with Crippen molar-refractivity contribution in [3.63, 3.8) is 0 Å². The van der Waals surface area contributed by atoms with Gasteiger partial charge in [-0.2, -0.15) is 4.98 Å². The van der Waals surface area contributed by atoms with Crippen LogP contribution in [0.4, 0.5) is 11.4 Å². The van der Waals surface area contributed by atoms with Crippen molar-refractivity contribution in [2.75, 3.05) is 5.73 Å². The third-order valence-electron chi connectivity index (χ3n) is 2.64. The van der Waals surface area contributed by atoms with Gasteiger partial charge in [-0.1, -0.05) is 0 Å². The second-order valence-electron chi connectivity index (χ2n) is 3.87. The van der Waals surface area contributed by atoms with Gasteiger partial charge in [0.2, 0.25) is 5.89 Å². The zero-order chi connectivity index (χ0) is 13.4. The molecule has 0 amide bonds. The summed E-state index contributed by atoms with van der Waals surface area (Å²) in [4.78, 5) is 18.5. The first-order valence-electron chi connectivity index (χ1n) is 5.41. The number of anilines is 1. The van der Waals surface area contributed by atoms with Gasteiger partial charge in [0.05, 0.1) is 10.5 Å². The molecule has 0 saturated heterocycles. The van der Waals surface area contributed by atoms with E-state index in [9.17, 15) is 10.1 Å². The number of benzene rings is 1. The molecule has 3 rings (SSSR count). The summed E-state index contributed by atoms with van der Waals surface area (Å²) < 4.78 is 5.49. The first-order chi connectivity index (χ1) is 9.15. The number of nitro groups is 1. The van der Waals surface area contributed by atoms with Crippen molar-refractivity contribution < 1.29 is 9.34 Å². The van der Waals surface area contributed by atoms with Gasteiger partial charge >= 0.3 is 0 Å². The average Bonchev–Trinajstić information content (AvgIpc) is 2.82. The van der Waals surface area contributed by atoms with Crippen LogP contribution in [-0.4, -0.2) is 14.9 Å². The lowest BCUT2D eigenvalue weighted by molar-refractivity contribution is -0.384. The highest BCUT2D eigenvalue weighted by Crippen LogP contribution is 2.30. The average molecular weight is 256 g/mol. The molecule has 0 aliphatic carbocycles. The predicted octanol–water partition coefficient (Wildman–Crippen LogP) is 2.38. The molecule has 19 heavy (non-hydrogen) atoms. The maximum atomic E-state index is 10.8. The van der Waals surface area contributed by atoms with Crippen LogP contribution in [0.15, 0.2) is 40.9 Å². The molecule has 0 bridgehead atoms. The molecule has 0 saturated carbocycles. The van der Waals surface area contributed by atoms with Gasteiger partial charge in [0.1, 0.15) is 0 Å². The molecule has 2 heterocycles. The molecule has 94 valence electrons. The number of nitro benzene ring substituents is 1. The number of rotatable bonds is 2. The monoisotopic (exact) mass is 256 g/mol. The van der Waals surface area contributed by atoms with E-state index >= 15 is 0 Å². The maximum absolute atomic E-state index is 10.8. The predicted molar refractivity (Wildman–Crippen MR) is 68.3 cm³/mol. The Morgan fingerprint density at radius 3 is 2.89 bits per heavy atom. The molecule has 0 atom stereocenters. The highest BCUT2D eigenvalue weighted by Gasteiger charge is 2.15. The van der Waals surface area contributed by atoms with E-state index in [1.807, 2.05) is 0 Å². The number of nitrogens with two attached hydrogens (primary N) is 1. The van der Waals surface area contributed by atoms with Crippen molar-refractivity contribution in [1.29, 1.82) is 0 Å². The number of oxazole rings is 1. The van der Waals surface area contributed by atoms with Gasteiger partial charge < -0.3 is 10.2 Å². The highest BCUT2D eigenvalue weighted by atomic mass is 16.6. The normalized spacial score (nSPS) is 10.7. The third-order valence-corrected chi connectivity index (χ3v) is 2.64. The fourth-order valence-corrected chi connectivity index (χ4v) is 1.73. The van der Waals surface area contributed by atoms with Gasteiger partial charge in [-0.15, -0.1) is 0 Å². The van der Waals surface area contributed by atoms with Gasteiger partial charge in [-0.25, -0.2) is 4.98 Å². The van der Waals surface area contributed by atoms with Gasteiger partial charge in [-0.3, -0.25) is 10.1 Å². The van der Waals surface area contributed by atoms with Crippen molar-refractivity contribution in [3.05, 3.63) is 46.6 Å². The minimum atomic E-state index is -0.496. The molecule has 0 radical (unpaired) electrons. The number of fused-ring (bicyclic) bond motifs is 1. The number of pyridine rings is 1. The molecule has 0 aliphatic heterocycles. The van der Waals surface area contributed by atoms with Crippen molar-refractivity contribution in [2.24, 2.45) is 0 Å². The molecular formula is C12H8N4O3. The quantitative estimate of drug-likeness (QED) is 0.428. The van der Waals surface area contributed by atoms with Crippen molar-refractivity contribution >= 4 is 22.6 Å². The second-order valence-corrected chi connectivity index (χ2v) is 3.87. The standard InChI is InChI=1S/C12H8N4O3/c13-9-4-3-7(16(17)18)6-8(9)12-15-11-10(19-12)2-1-5-14-11/h1-6H,13H2. The van der Waals surface area contributed by atoms with Crippen LogP contribution in [0.25, 0.3) is 22.7 Å². The summed E-state index contributed by atoms with van der Waals surface area (Å²) in [6.45, 7) is 0. The Hall–Kier alpha value is -2.96. The minimum Gasteiger partial charge on any atom is -0.434 e. The lowest BCUT2D eigenvalue weighted by Gasteiger charge is -2.00. The zero-order valence-corrected chi connectivity index (χ0v) is 9.61. The molecule has 0 unspecified atom stereocenters. The van der Waals surface area contributed by atoms with Crippen LogP contribution in [0.1, 0.15) is 0 Å². The first-order valence-corrected chi connectivity index (χ1v) is 5.41. The summed E-state index contributed by atoms with van der Waals surface area (Å²) in [6.07, 6.45) is 1.59. The van der Waals surface area contributed by atoms with Gasteiger partial charge in [-0.05, 0) is 18.2 Å². The van der Waals surface area contributed by atoms with E-state index in [0.29, 0.717) is 22.5 Å². The van der Waals surface area contributed by atoms with Crippen LogP contribution in [0.5, 0.6) is 0 Å². The Balaban J connectivity index is 2.20. The Morgan fingerprint density at radius 1 is 1.32 bits per heavy atom. The van der Waals surface area contributed by atoms with Gasteiger partial charge in [0.25, 0.3) is 5.69 Å². The van der Waals surface area contributed by atoms with E-state index in [4.69, 9.17) is 10.2 Å². The highest BCUT2D eigenvalue weighted by molar-refractivity contribution is 5.78. The summed E-state index contributed by atoms with van der Waals surface area (Å²) in [5.41, 5.74) is 7.41. The maximum Gasteiger partial charge on any atom is 0.270 e. The SMILES string of the molecule is Nc1ccc([N+](=O)[O-])cc1-c1nc2ncccc2o1. The smallest absolute Gasteiger partial charge is 0.270 e. The number of nitrogens with zero attached hydrogens (tertiary/aromatic N) is 3. The lowest BCUT2D eigenvalue weighted by atomic mass is 10.1. The Kier molecular flexibility index (Phi) is 2.38. The van der Waals surface area contributed by atoms with Crippen molar-refractivity contribution in [2.45, 2.75) is 0 Å². The fraction of sp³-hybridized carbons (Fsp3) is 0. The van der Waals surface area contributed by atoms with E-state index in [0.717, 1.165) is 0 Å². The second kappa shape index (κ2) is 4.05. The molecule has 3 aromatic rings. The molecule has 0 spiro atoms. The van der Waals surface area contributed by atoms with E-state index in [-0.39, 0.29) is 11.6 Å². The van der Waals surface area contributed by atoms with Crippen LogP contribution >= 0.6 is 0 Å². The van der Waals surface area contributed by atoms with Crippen molar-refractivity contribution in [3.8, 4) is 11.5 Å². The van der Waals surface area contributed by atoms with Crippen LogP contribution in [0, 0.1) is 10.1 Å². The largest absolute Gasteiger partial charge is 0.434 e. The Morgan fingerprint density at radius 2 is 2.16 bits per heavy atom. The third kappa shape index (κ3) is 1.86. The summed E-state index contributed by atoms with van der Waals surface area (Å²) in [6, 6.07) is 7.55. The fourth-order valence-electron chi connectivity index (χ4n) is 1.73. The Bertz CT molecular complexity index is 748. The number of nitrogen functional groups attached to an aromatic ring is 1. The minimum absolute atomic E-state index is 0.0700. The number of aromatic nitrogens is 2. The van der Waals surface area contributed by atoms with Gasteiger partial charge in [0.15, 0.2) is 11.2 Å². The summed E-state index contributed by atoms with van der Waals surface area (Å²) in [5.74, 6) is 0.218. The molecule has 1 aromatic carbocycles. The van der Waals surface area contributed by atoms with Gasteiger partial charge in [0, 0.05) is 24.0 Å². The van der Waals surface area contributed by atoms with E-state index in [1.54, 1.807) is 18.3 Å². The van der Waals surface area contributed by atoms with E-state index < -0.39 is 4.92 Å². The van der Waals surface area contributed by atoms with Crippen LogP contribution < -0.4 is 5.73 Å². The number of non-ortho nitro benzene ring substituents is 1. The Labute approximate surface area is 106 Å². The molecule has 0 fully saturated rings. The topological polar surface area (TPSA) is 108 Å².